The Balaban J connectivity index is 1.70. The summed E-state index contributed by atoms with van der Waals surface area (Å²) >= 11 is 3.18. The lowest BCUT2D eigenvalue weighted by molar-refractivity contribution is -0.00353. The number of aromatic hydroxyl groups is 1. The van der Waals surface area contributed by atoms with E-state index in [1.54, 1.807) is 0 Å². The van der Waals surface area contributed by atoms with Crippen molar-refractivity contribution in [2.24, 2.45) is 0 Å². The van der Waals surface area contributed by atoms with Crippen molar-refractivity contribution in [2.75, 3.05) is 13.2 Å². The van der Waals surface area contributed by atoms with E-state index in [1.165, 1.54) is 30.3 Å². The van der Waals surface area contributed by atoms with Crippen molar-refractivity contribution in [3.8, 4) is 5.75 Å². The maximum Gasteiger partial charge on any atom is 0.254 e. The molecule has 154 valence electrons. The first-order valence-electron chi connectivity index (χ1n) is 9.17. The second-order valence-electron chi connectivity index (χ2n) is 7.39. The van der Waals surface area contributed by atoms with Crippen LogP contribution in [0, 0.1) is 5.82 Å². The SMILES string of the molecule is O=C(NC1COC1)c1cc(C2CC2)cc(CS(=O)(=O)c2cc(Br)ccc2O)c1F. The standard InChI is InChI=1S/C20H19BrFNO5S/c21-14-3-4-17(24)18(7-14)29(26,27)10-13-5-12(11-1-2-11)6-16(19(13)22)20(25)23-15-8-28-9-15/h3-7,11,15,24H,1-2,8-10H2,(H,23,25). The Morgan fingerprint density at radius 1 is 1.24 bits per heavy atom. The van der Waals surface area contributed by atoms with Gasteiger partial charge in [-0.25, -0.2) is 12.8 Å². The van der Waals surface area contributed by atoms with Crippen LogP contribution >= 0.6 is 15.9 Å². The minimum Gasteiger partial charge on any atom is -0.507 e. The summed E-state index contributed by atoms with van der Waals surface area (Å²) < 4.78 is 46.4. The normalized spacial score (nSPS) is 17.0. The van der Waals surface area contributed by atoms with Gasteiger partial charge in [-0.15, -0.1) is 0 Å². The average Bonchev–Trinajstić information content (AvgIpc) is 3.46. The molecule has 2 fully saturated rings. The largest absolute Gasteiger partial charge is 0.507 e. The number of carbonyl (C=O) groups excluding carboxylic acids is 1. The molecule has 0 spiro atoms. The molecule has 0 bridgehead atoms. The van der Waals surface area contributed by atoms with Crippen molar-refractivity contribution in [3.63, 3.8) is 0 Å². The predicted octanol–water partition coefficient (Wildman–Crippen LogP) is 3.27. The number of hydrogen-bond donors (Lipinski definition) is 2. The highest BCUT2D eigenvalue weighted by atomic mass is 79.9. The van der Waals surface area contributed by atoms with E-state index in [1.807, 2.05) is 0 Å². The molecule has 1 amide bonds. The van der Waals surface area contributed by atoms with Gasteiger partial charge >= 0.3 is 0 Å². The zero-order chi connectivity index (χ0) is 20.8. The van der Waals surface area contributed by atoms with Gasteiger partial charge in [0.1, 0.15) is 16.5 Å². The zero-order valence-corrected chi connectivity index (χ0v) is 17.7. The van der Waals surface area contributed by atoms with Crippen molar-refractivity contribution in [1.82, 2.24) is 5.32 Å². The molecule has 0 unspecified atom stereocenters. The Morgan fingerprint density at radius 3 is 2.59 bits per heavy atom. The third kappa shape index (κ3) is 4.31. The molecule has 0 atom stereocenters. The van der Waals surface area contributed by atoms with Crippen LogP contribution in [0.2, 0.25) is 0 Å². The maximum atomic E-state index is 15.2. The molecule has 2 aliphatic rings. The smallest absolute Gasteiger partial charge is 0.254 e. The monoisotopic (exact) mass is 483 g/mol. The molecule has 2 aromatic carbocycles. The number of benzene rings is 2. The highest BCUT2D eigenvalue weighted by Gasteiger charge is 2.30. The lowest BCUT2D eigenvalue weighted by Crippen LogP contribution is -2.48. The first-order valence-corrected chi connectivity index (χ1v) is 11.6. The number of sulfone groups is 1. The van der Waals surface area contributed by atoms with E-state index in [4.69, 9.17) is 4.74 Å². The minimum absolute atomic E-state index is 0.0798. The summed E-state index contributed by atoms with van der Waals surface area (Å²) in [5, 5.41) is 12.7. The number of nitrogens with one attached hydrogen (secondary N) is 1. The topological polar surface area (TPSA) is 92.7 Å². The molecule has 1 aliphatic carbocycles. The molecule has 2 aromatic rings. The van der Waals surface area contributed by atoms with Crippen LogP contribution in [0.3, 0.4) is 0 Å². The fourth-order valence-corrected chi connectivity index (χ4v) is 5.21. The molecule has 1 saturated heterocycles. The number of amides is 1. The van der Waals surface area contributed by atoms with E-state index in [2.05, 4.69) is 21.2 Å². The van der Waals surface area contributed by atoms with Crippen LogP contribution < -0.4 is 5.32 Å². The Bertz CT molecular complexity index is 1080. The number of carbonyl (C=O) groups is 1. The molecule has 1 saturated carbocycles. The highest BCUT2D eigenvalue weighted by Crippen LogP contribution is 2.41. The van der Waals surface area contributed by atoms with Crippen molar-refractivity contribution in [3.05, 3.63) is 57.3 Å². The first-order chi connectivity index (χ1) is 13.7. The lowest BCUT2D eigenvalue weighted by Gasteiger charge is -2.27. The fourth-order valence-electron chi connectivity index (χ4n) is 3.23. The molecule has 0 radical (unpaired) electrons. The van der Waals surface area contributed by atoms with Gasteiger partial charge in [-0.1, -0.05) is 22.0 Å². The van der Waals surface area contributed by atoms with Gasteiger partial charge in [0.2, 0.25) is 0 Å². The third-order valence-electron chi connectivity index (χ3n) is 5.04. The molecule has 0 aromatic heterocycles. The number of ether oxygens (including phenoxy) is 1. The Labute approximate surface area is 176 Å². The van der Waals surface area contributed by atoms with Gasteiger partial charge in [-0.3, -0.25) is 4.79 Å². The molecule has 6 nitrogen and oxygen atoms in total. The van der Waals surface area contributed by atoms with Gasteiger partial charge in [0.05, 0.1) is 30.6 Å². The highest BCUT2D eigenvalue weighted by molar-refractivity contribution is 9.10. The van der Waals surface area contributed by atoms with E-state index in [0.717, 1.165) is 18.4 Å². The minimum atomic E-state index is -4.04. The van der Waals surface area contributed by atoms with Gasteiger partial charge in [0, 0.05) is 10.0 Å². The van der Waals surface area contributed by atoms with Crippen LogP contribution in [0.25, 0.3) is 0 Å². The van der Waals surface area contributed by atoms with Crippen LogP contribution in [0.4, 0.5) is 4.39 Å². The van der Waals surface area contributed by atoms with E-state index in [9.17, 15) is 18.3 Å². The van der Waals surface area contributed by atoms with Crippen LogP contribution in [0.15, 0.2) is 39.7 Å². The number of halogens is 2. The van der Waals surface area contributed by atoms with E-state index < -0.39 is 33.1 Å². The molecule has 1 heterocycles. The van der Waals surface area contributed by atoms with E-state index in [-0.39, 0.29) is 28.0 Å². The fraction of sp³-hybridized carbons (Fsp3) is 0.350. The van der Waals surface area contributed by atoms with Gasteiger partial charge in [0.25, 0.3) is 5.91 Å². The zero-order valence-electron chi connectivity index (χ0n) is 15.3. The van der Waals surface area contributed by atoms with Crippen LogP contribution in [0.1, 0.15) is 40.2 Å². The third-order valence-corrected chi connectivity index (χ3v) is 7.22. The second kappa shape index (κ2) is 7.70. The lowest BCUT2D eigenvalue weighted by atomic mass is 10.0. The van der Waals surface area contributed by atoms with Gasteiger partial charge < -0.3 is 15.2 Å². The number of hydrogen-bond acceptors (Lipinski definition) is 5. The number of phenols is 1. The van der Waals surface area contributed by atoms with E-state index in [0.29, 0.717) is 17.7 Å². The molecule has 2 N–H and O–H groups in total. The average molecular weight is 484 g/mol. The van der Waals surface area contributed by atoms with Gasteiger partial charge in [-0.2, -0.15) is 0 Å². The first kappa shape index (κ1) is 20.3. The molecular weight excluding hydrogens is 465 g/mol. The molecular formula is C20H19BrFNO5S. The van der Waals surface area contributed by atoms with Crippen LogP contribution in [0.5, 0.6) is 5.75 Å². The molecule has 9 heteroatoms. The summed E-state index contributed by atoms with van der Waals surface area (Å²) in [5.74, 6) is -2.30. The second-order valence-corrected chi connectivity index (χ2v) is 10.3. The summed E-state index contributed by atoms with van der Waals surface area (Å²) in [6.45, 7) is 0.748. The van der Waals surface area contributed by atoms with Gasteiger partial charge in [0.15, 0.2) is 9.84 Å². The quantitative estimate of drug-likeness (QED) is 0.657. The Morgan fingerprint density at radius 2 is 1.97 bits per heavy atom. The molecule has 29 heavy (non-hydrogen) atoms. The van der Waals surface area contributed by atoms with Gasteiger partial charge in [-0.05, 0) is 48.6 Å². The number of phenolic OH excluding ortho intramolecular Hbond substituents is 1. The van der Waals surface area contributed by atoms with Crippen molar-refractivity contribution >= 4 is 31.7 Å². The summed E-state index contributed by atoms with van der Waals surface area (Å²) in [6.07, 6.45) is 1.84. The van der Waals surface area contributed by atoms with Crippen molar-refractivity contribution in [2.45, 2.75) is 35.4 Å². The molecule has 1 aliphatic heterocycles. The van der Waals surface area contributed by atoms with E-state index >= 15 is 4.39 Å². The van der Waals surface area contributed by atoms with Crippen molar-refractivity contribution < 1.29 is 27.4 Å². The summed E-state index contributed by atoms with van der Waals surface area (Å²) in [5.41, 5.74) is 0.513. The Hall–Kier alpha value is -1.97. The van der Waals surface area contributed by atoms with Crippen LogP contribution in [-0.2, 0) is 20.3 Å². The Kier molecular flexibility index (Phi) is 5.39. The van der Waals surface area contributed by atoms with Crippen molar-refractivity contribution in [1.29, 1.82) is 0 Å². The summed E-state index contributed by atoms with van der Waals surface area (Å²) in [7, 11) is -4.04. The molecule has 4 rings (SSSR count). The number of rotatable bonds is 6. The maximum absolute atomic E-state index is 15.2. The van der Waals surface area contributed by atoms with Crippen LogP contribution in [-0.4, -0.2) is 38.7 Å². The predicted molar refractivity (Wildman–Crippen MR) is 107 cm³/mol. The summed E-state index contributed by atoms with van der Waals surface area (Å²) in [6, 6.07) is 6.90. The summed E-state index contributed by atoms with van der Waals surface area (Å²) in [4.78, 5) is 12.3.